The van der Waals surface area contributed by atoms with E-state index in [-0.39, 0.29) is 24.4 Å². The Labute approximate surface area is 194 Å². The second-order valence-electron chi connectivity index (χ2n) is 9.11. The Hall–Kier alpha value is -3.22. The van der Waals surface area contributed by atoms with Gasteiger partial charge in [-0.2, -0.15) is 0 Å². The molecule has 1 fully saturated rings. The minimum absolute atomic E-state index is 0.0869. The third kappa shape index (κ3) is 4.24. The molecule has 1 amide bonds. The van der Waals surface area contributed by atoms with Crippen molar-refractivity contribution < 1.29 is 28.5 Å². The number of ether oxygens (including phenoxy) is 4. The minimum Gasteiger partial charge on any atom is -0.493 e. The third-order valence-corrected chi connectivity index (χ3v) is 6.42. The van der Waals surface area contributed by atoms with Crippen LogP contribution in [0, 0.1) is 11.3 Å². The van der Waals surface area contributed by atoms with Gasteiger partial charge in [-0.1, -0.05) is 32.4 Å². The maximum Gasteiger partial charge on any atom is 0.315 e. The number of methoxy groups -OCH3 is 2. The van der Waals surface area contributed by atoms with Crippen LogP contribution in [0.2, 0.25) is 0 Å². The van der Waals surface area contributed by atoms with Gasteiger partial charge in [-0.25, -0.2) is 0 Å². The van der Waals surface area contributed by atoms with Crippen molar-refractivity contribution in [3.8, 4) is 28.4 Å². The second-order valence-corrected chi connectivity index (χ2v) is 9.11. The number of hydrogen-bond acceptors (Lipinski definition) is 6. The Kier molecular flexibility index (Phi) is 6.49. The molecule has 1 aliphatic carbocycles. The molecule has 1 heterocycles. The van der Waals surface area contributed by atoms with Crippen LogP contribution in [0.4, 0.5) is 0 Å². The predicted octanol–water partition coefficient (Wildman–Crippen LogP) is 4.36. The number of benzene rings is 2. The van der Waals surface area contributed by atoms with Crippen molar-refractivity contribution >= 4 is 11.9 Å². The highest BCUT2D eigenvalue weighted by atomic mass is 16.5. The smallest absolute Gasteiger partial charge is 0.315 e. The largest absolute Gasteiger partial charge is 0.493 e. The molecule has 2 aromatic carbocycles. The molecule has 0 radical (unpaired) electrons. The van der Waals surface area contributed by atoms with Crippen LogP contribution in [0.5, 0.6) is 17.2 Å². The number of hydrogen-bond donors (Lipinski definition) is 1. The molecule has 33 heavy (non-hydrogen) atoms. The molecule has 1 N–H and O–H groups in total. The van der Waals surface area contributed by atoms with Crippen LogP contribution >= 0.6 is 0 Å². The summed E-state index contributed by atoms with van der Waals surface area (Å²) in [4.78, 5) is 25.1. The molecule has 0 aromatic heterocycles. The molecule has 0 atom stereocenters. The molecule has 0 bridgehead atoms. The molecule has 176 valence electrons. The van der Waals surface area contributed by atoms with Gasteiger partial charge in [-0.15, -0.1) is 0 Å². The van der Waals surface area contributed by atoms with Gasteiger partial charge in [0.05, 0.1) is 20.8 Å². The maximum absolute atomic E-state index is 12.9. The SMILES string of the molecule is COc1ccc(-c2cccc3c2CNC3=O)c(OCC2(C(=O)OCC(C)C)CCC2)c1OC. The molecular weight excluding hydrogens is 422 g/mol. The minimum atomic E-state index is -0.656. The van der Waals surface area contributed by atoms with Crippen molar-refractivity contribution in [1.29, 1.82) is 0 Å². The highest BCUT2D eigenvalue weighted by molar-refractivity contribution is 6.01. The lowest BCUT2D eigenvalue weighted by Gasteiger charge is -2.39. The van der Waals surface area contributed by atoms with Gasteiger partial charge in [0.1, 0.15) is 12.0 Å². The first kappa shape index (κ1) is 23.0. The number of esters is 1. The first-order valence-electron chi connectivity index (χ1n) is 11.4. The zero-order valence-corrected chi connectivity index (χ0v) is 19.7. The monoisotopic (exact) mass is 453 g/mol. The highest BCUT2D eigenvalue weighted by Gasteiger charge is 2.47. The number of nitrogens with one attached hydrogen (secondary N) is 1. The van der Waals surface area contributed by atoms with Gasteiger partial charge < -0.3 is 24.3 Å². The first-order valence-corrected chi connectivity index (χ1v) is 11.4. The summed E-state index contributed by atoms with van der Waals surface area (Å²) in [5.41, 5.74) is 2.57. The number of rotatable bonds is 9. The predicted molar refractivity (Wildman–Crippen MR) is 124 cm³/mol. The molecule has 1 aliphatic heterocycles. The Balaban J connectivity index is 1.71. The Morgan fingerprint density at radius 3 is 2.42 bits per heavy atom. The van der Waals surface area contributed by atoms with E-state index in [1.807, 2.05) is 44.2 Å². The van der Waals surface area contributed by atoms with Crippen molar-refractivity contribution in [3.05, 3.63) is 41.5 Å². The van der Waals surface area contributed by atoms with E-state index in [4.69, 9.17) is 18.9 Å². The van der Waals surface area contributed by atoms with Crippen LogP contribution in [0.1, 0.15) is 49.0 Å². The van der Waals surface area contributed by atoms with E-state index < -0.39 is 5.41 Å². The van der Waals surface area contributed by atoms with Gasteiger partial charge in [0, 0.05) is 17.7 Å². The molecule has 0 spiro atoms. The van der Waals surface area contributed by atoms with Crippen LogP contribution < -0.4 is 19.5 Å². The summed E-state index contributed by atoms with van der Waals surface area (Å²) in [5, 5.41) is 2.88. The van der Waals surface area contributed by atoms with Gasteiger partial charge in [0.15, 0.2) is 11.5 Å². The van der Waals surface area contributed by atoms with Crippen molar-refractivity contribution in [2.45, 2.75) is 39.7 Å². The fourth-order valence-electron chi connectivity index (χ4n) is 4.38. The van der Waals surface area contributed by atoms with Crippen molar-refractivity contribution in [1.82, 2.24) is 5.32 Å². The van der Waals surface area contributed by atoms with Crippen LogP contribution in [0.15, 0.2) is 30.3 Å². The highest BCUT2D eigenvalue weighted by Crippen LogP contribution is 2.48. The average Bonchev–Trinajstić information content (AvgIpc) is 3.17. The maximum atomic E-state index is 12.9. The van der Waals surface area contributed by atoms with Crippen molar-refractivity contribution in [2.75, 3.05) is 27.4 Å². The standard InChI is InChI=1S/C26H31NO6/c1-16(2)14-32-25(29)26(11-6-12-26)15-33-22-18(9-10-21(30-3)23(22)31-4)17-7-5-8-19-20(17)13-27-24(19)28/h5,7-10,16H,6,11-15H2,1-4H3,(H,27,28). The Morgan fingerprint density at radius 2 is 1.79 bits per heavy atom. The van der Waals surface area contributed by atoms with Gasteiger partial charge in [0.25, 0.3) is 5.91 Å². The summed E-state index contributed by atoms with van der Waals surface area (Å²) in [5.74, 6) is 1.46. The van der Waals surface area contributed by atoms with E-state index in [1.165, 1.54) is 0 Å². The van der Waals surface area contributed by atoms with E-state index in [2.05, 4.69) is 5.32 Å². The fraction of sp³-hybridized carbons (Fsp3) is 0.462. The molecule has 4 rings (SSSR count). The van der Waals surface area contributed by atoms with Crippen molar-refractivity contribution in [3.63, 3.8) is 0 Å². The fourth-order valence-corrected chi connectivity index (χ4v) is 4.38. The number of carbonyl (C=O) groups is 2. The molecule has 0 unspecified atom stereocenters. The molecule has 0 saturated heterocycles. The lowest BCUT2D eigenvalue weighted by atomic mass is 9.69. The van der Waals surface area contributed by atoms with Gasteiger partial charge >= 0.3 is 5.97 Å². The summed E-state index contributed by atoms with van der Waals surface area (Å²) in [6, 6.07) is 9.36. The summed E-state index contributed by atoms with van der Waals surface area (Å²) < 4.78 is 23.1. The lowest BCUT2D eigenvalue weighted by Crippen LogP contribution is -2.44. The Morgan fingerprint density at radius 1 is 1.03 bits per heavy atom. The summed E-state index contributed by atoms with van der Waals surface area (Å²) in [6.45, 7) is 5.06. The van der Waals surface area contributed by atoms with Gasteiger partial charge in [0.2, 0.25) is 5.75 Å². The van der Waals surface area contributed by atoms with E-state index in [0.717, 1.165) is 36.0 Å². The lowest BCUT2D eigenvalue weighted by molar-refractivity contribution is -0.165. The van der Waals surface area contributed by atoms with Crippen LogP contribution in [0.3, 0.4) is 0 Å². The van der Waals surface area contributed by atoms with E-state index >= 15 is 0 Å². The van der Waals surface area contributed by atoms with E-state index in [9.17, 15) is 9.59 Å². The molecule has 1 saturated carbocycles. The molecule has 2 aliphatic rings. The quantitative estimate of drug-likeness (QED) is 0.568. The van der Waals surface area contributed by atoms with Crippen LogP contribution in [-0.2, 0) is 16.1 Å². The van der Waals surface area contributed by atoms with Gasteiger partial charge in [-0.3, -0.25) is 9.59 Å². The number of amides is 1. The molecular formula is C26H31NO6. The van der Waals surface area contributed by atoms with Crippen LogP contribution in [0.25, 0.3) is 11.1 Å². The summed E-state index contributed by atoms with van der Waals surface area (Å²) in [6.07, 6.45) is 2.41. The normalized spacial score (nSPS) is 16.0. The number of fused-ring (bicyclic) bond motifs is 1. The molecule has 7 heteroatoms. The second kappa shape index (κ2) is 9.33. The molecule has 7 nitrogen and oxygen atoms in total. The first-order chi connectivity index (χ1) is 15.9. The average molecular weight is 454 g/mol. The number of carbonyl (C=O) groups excluding carboxylic acids is 2. The Bertz CT molecular complexity index is 1060. The van der Waals surface area contributed by atoms with Crippen LogP contribution in [-0.4, -0.2) is 39.3 Å². The topological polar surface area (TPSA) is 83.1 Å². The van der Waals surface area contributed by atoms with Crippen molar-refractivity contribution in [2.24, 2.45) is 11.3 Å². The van der Waals surface area contributed by atoms with E-state index in [0.29, 0.717) is 36.0 Å². The van der Waals surface area contributed by atoms with Gasteiger partial charge in [-0.05, 0) is 48.1 Å². The zero-order chi connectivity index (χ0) is 23.6. The zero-order valence-electron chi connectivity index (χ0n) is 19.7. The third-order valence-electron chi connectivity index (χ3n) is 6.42. The molecule has 2 aromatic rings. The summed E-state index contributed by atoms with van der Waals surface area (Å²) >= 11 is 0. The summed E-state index contributed by atoms with van der Waals surface area (Å²) in [7, 11) is 3.13. The van der Waals surface area contributed by atoms with E-state index in [1.54, 1.807) is 14.2 Å².